The monoisotopic (exact) mass is 286 g/mol. The zero-order chi connectivity index (χ0) is 15.1. The molecule has 3 heteroatoms. The topological polar surface area (TPSA) is 41.1 Å². The summed E-state index contributed by atoms with van der Waals surface area (Å²) in [6.07, 6.45) is 7.89. The van der Waals surface area contributed by atoms with E-state index >= 15 is 0 Å². The van der Waals surface area contributed by atoms with Crippen LogP contribution in [0.25, 0.3) is 0 Å². The SMILES string of the molecule is C/C(=C\NC(=O)NCCc1ccc(C)cc1)C1CCCC1. The minimum absolute atomic E-state index is 0.112. The van der Waals surface area contributed by atoms with Crippen molar-refractivity contribution < 1.29 is 4.79 Å². The van der Waals surface area contributed by atoms with E-state index in [-0.39, 0.29) is 6.03 Å². The van der Waals surface area contributed by atoms with Gasteiger partial charge in [0.05, 0.1) is 0 Å². The van der Waals surface area contributed by atoms with Gasteiger partial charge in [0.15, 0.2) is 0 Å². The summed E-state index contributed by atoms with van der Waals surface area (Å²) in [6, 6.07) is 8.31. The van der Waals surface area contributed by atoms with Crippen LogP contribution in [0.2, 0.25) is 0 Å². The van der Waals surface area contributed by atoms with Crippen LogP contribution in [-0.2, 0) is 6.42 Å². The van der Waals surface area contributed by atoms with Crippen molar-refractivity contribution in [3.05, 3.63) is 47.2 Å². The molecule has 0 spiro atoms. The van der Waals surface area contributed by atoms with Gasteiger partial charge in [-0.1, -0.05) is 48.2 Å². The first-order valence-corrected chi connectivity index (χ1v) is 7.92. The Morgan fingerprint density at radius 3 is 2.57 bits per heavy atom. The minimum atomic E-state index is -0.112. The van der Waals surface area contributed by atoms with Crippen molar-refractivity contribution in [2.75, 3.05) is 6.54 Å². The Balaban J connectivity index is 1.67. The maximum atomic E-state index is 11.7. The number of hydrogen-bond acceptors (Lipinski definition) is 1. The Kier molecular flexibility index (Phi) is 5.85. The number of carbonyl (C=O) groups excluding carboxylic acids is 1. The first kappa shape index (κ1) is 15.6. The van der Waals surface area contributed by atoms with E-state index in [0.29, 0.717) is 12.5 Å². The fourth-order valence-corrected chi connectivity index (χ4v) is 2.80. The molecule has 2 rings (SSSR count). The molecule has 0 radical (unpaired) electrons. The second-order valence-corrected chi connectivity index (χ2v) is 6.01. The van der Waals surface area contributed by atoms with Crippen LogP contribution in [-0.4, -0.2) is 12.6 Å². The molecule has 1 saturated carbocycles. The number of amides is 2. The third-order valence-corrected chi connectivity index (χ3v) is 4.25. The second kappa shape index (κ2) is 7.87. The molecule has 0 saturated heterocycles. The van der Waals surface area contributed by atoms with Crippen LogP contribution in [0.5, 0.6) is 0 Å². The van der Waals surface area contributed by atoms with Gasteiger partial charge < -0.3 is 10.6 Å². The molecule has 1 aliphatic carbocycles. The predicted molar refractivity (Wildman–Crippen MR) is 87.1 cm³/mol. The highest BCUT2D eigenvalue weighted by Gasteiger charge is 2.16. The number of allylic oxidation sites excluding steroid dienone is 1. The number of carbonyl (C=O) groups is 1. The molecule has 114 valence electrons. The van der Waals surface area contributed by atoms with Gasteiger partial charge in [0.25, 0.3) is 0 Å². The molecule has 1 aromatic rings. The number of nitrogens with one attached hydrogen (secondary N) is 2. The average molecular weight is 286 g/mol. The normalized spacial score (nSPS) is 16.0. The Hall–Kier alpha value is -1.77. The molecular weight excluding hydrogens is 260 g/mol. The van der Waals surface area contributed by atoms with Crippen LogP contribution in [0.3, 0.4) is 0 Å². The molecule has 0 aromatic heterocycles. The summed E-state index contributed by atoms with van der Waals surface area (Å²) >= 11 is 0. The summed E-state index contributed by atoms with van der Waals surface area (Å²) in [7, 11) is 0. The van der Waals surface area contributed by atoms with Gasteiger partial charge in [-0.15, -0.1) is 0 Å². The highest BCUT2D eigenvalue weighted by Crippen LogP contribution is 2.30. The summed E-state index contributed by atoms with van der Waals surface area (Å²) < 4.78 is 0. The first-order valence-electron chi connectivity index (χ1n) is 7.92. The standard InChI is InChI=1S/C18H26N2O/c1-14-7-9-16(10-8-14)11-12-19-18(21)20-13-15(2)17-5-3-4-6-17/h7-10,13,17H,3-6,11-12H2,1-2H3,(H2,19,20,21)/b15-13+. The van der Waals surface area contributed by atoms with Crippen molar-refractivity contribution >= 4 is 6.03 Å². The van der Waals surface area contributed by atoms with Crippen molar-refractivity contribution in [2.24, 2.45) is 5.92 Å². The van der Waals surface area contributed by atoms with E-state index in [1.807, 2.05) is 6.20 Å². The Bertz CT molecular complexity index is 484. The van der Waals surface area contributed by atoms with Gasteiger partial charge in [-0.25, -0.2) is 4.79 Å². The van der Waals surface area contributed by atoms with E-state index < -0.39 is 0 Å². The van der Waals surface area contributed by atoms with Gasteiger partial charge in [-0.2, -0.15) is 0 Å². The summed E-state index contributed by atoms with van der Waals surface area (Å²) in [5, 5.41) is 5.74. The average Bonchev–Trinajstić information content (AvgIpc) is 3.01. The van der Waals surface area contributed by atoms with Crippen LogP contribution < -0.4 is 10.6 Å². The van der Waals surface area contributed by atoms with Gasteiger partial charge in [-0.3, -0.25) is 0 Å². The van der Waals surface area contributed by atoms with Crippen molar-refractivity contribution in [3.8, 4) is 0 Å². The lowest BCUT2D eigenvalue weighted by atomic mass is 10.0. The van der Waals surface area contributed by atoms with Crippen molar-refractivity contribution in [1.82, 2.24) is 10.6 Å². The van der Waals surface area contributed by atoms with E-state index in [4.69, 9.17) is 0 Å². The summed E-state index contributed by atoms with van der Waals surface area (Å²) in [6.45, 7) is 4.85. The smallest absolute Gasteiger partial charge is 0.318 e. The Morgan fingerprint density at radius 2 is 1.90 bits per heavy atom. The maximum absolute atomic E-state index is 11.7. The summed E-state index contributed by atoms with van der Waals surface area (Å²) in [5.74, 6) is 0.665. The quantitative estimate of drug-likeness (QED) is 0.846. The third kappa shape index (κ3) is 5.25. The van der Waals surface area contributed by atoms with Gasteiger partial charge in [0.1, 0.15) is 0 Å². The molecule has 1 aromatic carbocycles. The van der Waals surface area contributed by atoms with E-state index in [9.17, 15) is 4.79 Å². The van der Waals surface area contributed by atoms with Crippen LogP contribution >= 0.6 is 0 Å². The molecule has 1 fully saturated rings. The zero-order valence-electron chi connectivity index (χ0n) is 13.1. The van der Waals surface area contributed by atoms with E-state index in [0.717, 1.165) is 6.42 Å². The number of aryl methyl sites for hydroxylation is 1. The number of urea groups is 1. The fourth-order valence-electron chi connectivity index (χ4n) is 2.80. The number of hydrogen-bond donors (Lipinski definition) is 2. The first-order chi connectivity index (χ1) is 10.1. The lowest BCUT2D eigenvalue weighted by molar-refractivity contribution is 0.244. The van der Waals surface area contributed by atoms with Gasteiger partial charge in [-0.05, 0) is 44.6 Å². The maximum Gasteiger partial charge on any atom is 0.318 e. The molecule has 3 nitrogen and oxygen atoms in total. The number of rotatable bonds is 5. The van der Waals surface area contributed by atoms with Crippen LogP contribution in [0, 0.1) is 12.8 Å². The van der Waals surface area contributed by atoms with Crippen molar-refractivity contribution in [2.45, 2.75) is 46.0 Å². The molecule has 0 unspecified atom stereocenters. The van der Waals surface area contributed by atoms with Gasteiger partial charge >= 0.3 is 6.03 Å². The Morgan fingerprint density at radius 1 is 1.24 bits per heavy atom. The fraction of sp³-hybridized carbons (Fsp3) is 0.500. The highest BCUT2D eigenvalue weighted by atomic mass is 16.2. The lowest BCUT2D eigenvalue weighted by Crippen LogP contribution is -2.33. The third-order valence-electron chi connectivity index (χ3n) is 4.25. The molecule has 2 amide bonds. The van der Waals surface area contributed by atoms with Crippen LogP contribution in [0.1, 0.15) is 43.7 Å². The molecule has 0 heterocycles. The molecule has 0 atom stereocenters. The second-order valence-electron chi connectivity index (χ2n) is 6.01. The largest absolute Gasteiger partial charge is 0.338 e. The molecular formula is C18H26N2O. The predicted octanol–water partition coefficient (Wildman–Crippen LogP) is 3.93. The summed E-state index contributed by atoms with van der Waals surface area (Å²) in [4.78, 5) is 11.7. The Labute approximate surface area is 127 Å². The molecule has 0 aliphatic heterocycles. The summed E-state index contributed by atoms with van der Waals surface area (Å²) in [5.41, 5.74) is 3.80. The van der Waals surface area contributed by atoms with E-state index in [2.05, 4.69) is 48.7 Å². The van der Waals surface area contributed by atoms with E-state index in [1.54, 1.807) is 0 Å². The minimum Gasteiger partial charge on any atom is -0.338 e. The van der Waals surface area contributed by atoms with Crippen molar-refractivity contribution in [3.63, 3.8) is 0 Å². The van der Waals surface area contributed by atoms with Gasteiger partial charge in [0, 0.05) is 12.7 Å². The lowest BCUT2D eigenvalue weighted by Gasteiger charge is -2.10. The highest BCUT2D eigenvalue weighted by molar-refractivity contribution is 5.74. The van der Waals surface area contributed by atoms with Gasteiger partial charge in [0.2, 0.25) is 0 Å². The van der Waals surface area contributed by atoms with Crippen LogP contribution in [0.4, 0.5) is 4.79 Å². The molecule has 0 bridgehead atoms. The zero-order valence-corrected chi connectivity index (χ0v) is 13.1. The molecule has 1 aliphatic rings. The van der Waals surface area contributed by atoms with Crippen LogP contribution in [0.15, 0.2) is 36.0 Å². The molecule has 21 heavy (non-hydrogen) atoms. The van der Waals surface area contributed by atoms with E-state index in [1.165, 1.54) is 42.4 Å². The molecule has 2 N–H and O–H groups in total. The number of benzene rings is 1. The van der Waals surface area contributed by atoms with Crippen molar-refractivity contribution in [1.29, 1.82) is 0 Å².